The van der Waals surface area contributed by atoms with E-state index in [1.165, 1.54) is 4.90 Å². The average molecular weight is 222 g/mol. The Bertz CT molecular complexity index is 291. The molecule has 1 amide bonds. The largest absolute Gasteiger partial charge is 0.477 e. The van der Waals surface area contributed by atoms with Crippen LogP contribution in [-0.2, 0) is 9.59 Å². The van der Waals surface area contributed by atoms with Gasteiger partial charge in [0, 0.05) is 5.75 Å². The summed E-state index contributed by atoms with van der Waals surface area (Å²) in [6.45, 7) is 0. The Morgan fingerprint density at radius 3 is 2.85 bits per heavy atom. The molecule has 2 heterocycles. The lowest BCUT2D eigenvalue weighted by molar-refractivity contribution is -0.146. The molecule has 2 rings (SSSR count). The molecule has 0 bridgehead atoms. The van der Waals surface area contributed by atoms with E-state index < -0.39 is 5.97 Å². The summed E-state index contributed by atoms with van der Waals surface area (Å²) in [6, 6.07) is 0. The minimum Gasteiger partial charge on any atom is -0.477 e. The Labute approximate surface area is 85.4 Å². The van der Waals surface area contributed by atoms with Crippen LogP contribution in [0.3, 0.4) is 0 Å². The minimum atomic E-state index is -1.01. The Balaban J connectivity index is 0.000000845. The predicted molar refractivity (Wildman–Crippen MR) is 50.7 cm³/mol. The molecule has 1 fully saturated rings. The van der Waals surface area contributed by atoms with Crippen molar-refractivity contribution in [2.24, 2.45) is 0 Å². The molecular formula is C7H8ClNO3S. The Morgan fingerprint density at radius 2 is 2.38 bits per heavy atom. The molecule has 6 heteroatoms. The number of carbonyl (C=O) groups is 2. The quantitative estimate of drug-likeness (QED) is 0.662. The predicted octanol–water partition coefficient (Wildman–Crippen LogP) is 0.682. The maximum Gasteiger partial charge on any atom is 0.352 e. The molecule has 1 N–H and O–H groups in total. The van der Waals surface area contributed by atoms with E-state index in [1.54, 1.807) is 17.8 Å². The summed E-state index contributed by atoms with van der Waals surface area (Å²) in [5.74, 6) is -0.398. The summed E-state index contributed by atoms with van der Waals surface area (Å²) in [6.07, 6.45) is 2.07. The van der Waals surface area contributed by atoms with Gasteiger partial charge < -0.3 is 5.11 Å². The first kappa shape index (κ1) is 10.4. The maximum atomic E-state index is 11.0. The molecule has 2 aliphatic rings. The van der Waals surface area contributed by atoms with Crippen molar-refractivity contribution in [1.82, 2.24) is 4.90 Å². The number of carbonyl (C=O) groups excluding carboxylic acids is 1. The topological polar surface area (TPSA) is 57.6 Å². The van der Waals surface area contributed by atoms with Gasteiger partial charge in [-0.2, -0.15) is 0 Å². The Hall–Kier alpha value is -0.680. The highest BCUT2D eigenvalue weighted by Gasteiger charge is 2.42. The standard InChI is InChI=1S/C7H7NO3S.ClH/c9-5-3-6-8(5)4(7(10)11)1-2-12-6;/h1,6H,2-3H2,(H,10,11);1H/t6-;/m0./s1. The number of carboxylic acids is 1. The van der Waals surface area contributed by atoms with Crippen LogP contribution in [0.2, 0.25) is 0 Å². The molecule has 13 heavy (non-hydrogen) atoms. The highest BCUT2D eigenvalue weighted by molar-refractivity contribution is 8.00. The monoisotopic (exact) mass is 221 g/mol. The summed E-state index contributed by atoms with van der Waals surface area (Å²) in [4.78, 5) is 23.0. The lowest BCUT2D eigenvalue weighted by Crippen LogP contribution is -2.52. The van der Waals surface area contributed by atoms with E-state index in [1.807, 2.05) is 0 Å². The van der Waals surface area contributed by atoms with Crippen LogP contribution in [0.1, 0.15) is 6.42 Å². The van der Waals surface area contributed by atoms with Gasteiger partial charge in [-0.1, -0.05) is 0 Å². The minimum absolute atomic E-state index is 0. The van der Waals surface area contributed by atoms with Crippen LogP contribution < -0.4 is 0 Å². The van der Waals surface area contributed by atoms with Crippen molar-refractivity contribution in [1.29, 1.82) is 0 Å². The van der Waals surface area contributed by atoms with Crippen LogP contribution >= 0.6 is 24.2 Å². The number of rotatable bonds is 1. The third-order valence-electron chi connectivity index (χ3n) is 1.95. The highest BCUT2D eigenvalue weighted by atomic mass is 35.5. The second-order valence-corrected chi connectivity index (χ2v) is 3.86. The van der Waals surface area contributed by atoms with Crippen molar-refractivity contribution in [2.45, 2.75) is 11.8 Å². The van der Waals surface area contributed by atoms with Gasteiger partial charge in [0.15, 0.2) is 0 Å². The van der Waals surface area contributed by atoms with Crippen LogP contribution in [0, 0.1) is 0 Å². The first-order chi connectivity index (χ1) is 5.70. The van der Waals surface area contributed by atoms with Crippen LogP contribution in [0.5, 0.6) is 0 Å². The first-order valence-corrected chi connectivity index (χ1v) is 4.62. The molecule has 0 aliphatic carbocycles. The molecule has 0 radical (unpaired) electrons. The van der Waals surface area contributed by atoms with Crippen molar-refractivity contribution in [2.75, 3.05) is 5.75 Å². The molecular weight excluding hydrogens is 214 g/mol. The molecule has 0 spiro atoms. The third-order valence-corrected chi connectivity index (χ3v) is 3.07. The Kier molecular flexibility index (Phi) is 2.87. The lowest BCUT2D eigenvalue weighted by atomic mass is 10.1. The first-order valence-electron chi connectivity index (χ1n) is 3.57. The number of amides is 1. The number of halogens is 1. The molecule has 0 unspecified atom stereocenters. The zero-order valence-corrected chi connectivity index (χ0v) is 8.23. The van der Waals surface area contributed by atoms with Gasteiger partial charge in [0.25, 0.3) is 0 Å². The molecule has 0 saturated carbocycles. The fourth-order valence-corrected chi connectivity index (χ4v) is 2.45. The fourth-order valence-electron chi connectivity index (χ4n) is 1.34. The third kappa shape index (κ3) is 1.53. The highest BCUT2D eigenvalue weighted by Crippen LogP contribution is 2.36. The molecule has 1 saturated heterocycles. The number of hydrogen-bond donors (Lipinski definition) is 1. The second kappa shape index (κ2) is 3.59. The van der Waals surface area contributed by atoms with E-state index in [9.17, 15) is 9.59 Å². The molecule has 72 valence electrons. The number of carboxylic acid groups (broad SMARTS) is 1. The zero-order chi connectivity index (χ0) is 8.72. The van der Waals surface area contributed by atoms with Gasteiger partial charge in [-0.15, -0.1) is 24.2 Å². The molecule has 0 aromatic carbocycles. The fraction of sp³-hybridized carbons (Fsp3) is 0.429. The molecule has 0 aromatic heterocycles. The van der Waals surface area contributed by atoms with Crippen molar-refractivity contribution < 1.29 is 14.7 Å². The average Bonchev–Trinajstić information content (AvgIpc) is 2.01. The van der Waals surface area contributed by atoms with Gasteiger partial charge in [-0.05, 0) is 6.08 Å². The molecule has 0 aromatic rings. The molecule has 2 aliphatic heterocycles. The van der Waals surface area contributed by atoms with Crippen molar-refractivity contribution in [3.05, 3.63) is 11.8 Å². The Morgan fingerprint density at radius 1 is 1.69 bits per heavy atom. The normalized spacial score (nSPS) is 25.2. The number of β-lactam (4-membered cyclic amide) rings is 1. The molecule has 1 atom stereocenters. The van der Waals surface area contributed by atoms with Crippen molar-refractivity contribution in [3.63, 3.8) is 0 Å². The summed E-state index contributed by atoms with van der Waals surface area (Å²) in [5, 5.41) is 8.78. The van der Waals surface area contributed by atoms with E-state index in [-0.39, 0.29) is 29.4 Å². The van der Waals surface area contributed by atoms with Gasteiger partial charge in [0.1, 0.15) is 5.70 Å². The SMILES string of the molecule is Cl.O=C(O)C1=CCS[C@H]2CC(=O)N12. The lowest BCUT2D eigenvalue weighted by Gasteiger charge is -2.42. The van der Waals surface area contributed by atoms with E-state index in [4.69, 9.17) is 5.11 Å². The summed E-state index contributed by atoms with van der Waals surface area (Å²) >= 11 is 1.60. The van der Waals surface area contributed by atoms with Gasteiger partial charge >= 0.3 is 5.97 Å². The van der Waals surface area contributed by atoms with Crippen LogP contribution in [0.4, 0.5) is 0 Å². The van der Waals surface area contributed by atoms with E-state index >= 15 is 0 Å². The number of fused-ring (bicyclic) bond motifs is 1. The maximum absolute atomic E-state index is 11.0. The number of nitrogens with zero attached hydrogens (tertiary/aromatic N) is 1. The van der Waals surface area contributed by atoms with Gasteiger partial charge in [0.05, 0.1) is 11.8 Å². The van der Waals surface area contributed by atoms with E-state index in [0.717, 1.165) is 0 Å². The number of aliphatic carboxylic acids is 1. The zero-order valence-electron chi connectivity index (χ0n) is 6.60. The van der Waals surface area contributed by atoms with Crippen molar-refractivity contribution >= 4 is 36.0 Å². The van der Waals surface area contributed by atoms with E-state index in [0.29, 0.717) is 12.2 Å². The van der Waals surface area contributed by atoms with Gasteiger partial charge in [-0.3, -0.25) is 9.69 Å². The molecule has 4 nitrogen and oxygen atoms in total. The van der Waals surface area contributed by atoms with Gasteiger partial charge in [0.2, 0.25) is 5.91 Å². The summed E-state index contributed by atoms with van der Waals surface area (Å²) < 4.78 is 0. The smallest absolute Gasteiger partial charge is 0.352 e. The summed E-state index contributed by atoms with van der Waals surface area (Å²) in [5.41, 5.74) is 0.148. The van der Waals surface area contributed by atoms with Gasteiger partial charge in [-0.25, -0.2) is 4.79 Å². The van der Waals surface area contributed by atoms with Crippen LogP contribution in [-0.4, -0.2) is 33.0 Å². The number of thioether (sulfide) groups is 1. The summed E-state index contributed by atoms with van der Waals surface area (Å²) in [7, 11) is 0. The van der Waals surface area contributed by atoms with E-state index in [2.05, 4.69) is 0 Å². The van der Waals surface area contributed by atoms with Crippen LogP contribution in [0.15, 0.2) is 11.8 Å². The number of hydrogen-bond acceptors (Lipinski definition) is 3. The van der Waals surface area contributed by atoms with Crippen LogP contribution in [0.25, 0.3) is 0 Å². The van der Waals surface area contributed by atoms with Crippen molar-refractivity contribution in [3.8, 4) is 0 Å². The second-order valence-electron chi connectivity index (χ2n) is 2.65.